The minimum atomic E-state index is -3.24. The molecule has 1 saturated heterocycles. The molecule has 2 heterocycles. The Morgan fingerprint density at radius 2 is 1.95 bits per heavy atom. The minimum Gasteiger partial charge on any atom is -0.357 e. The molecule has 1 aliphatic rings. The number of aromatic nitrogens is 2. The van der Waals surface area contributed by atoms with Crippen molar-refractivity contribution in [1.82, 2.24) is 14.7 Å². The summed E-state index contributed by atoms with van der Waals surface area (Å²) in [5.74, 6) is 1.62. The van der Waals surface area contributed by atoms with Crippen molar-refractivity contribution in [3.63, 3.8) is 0 Å². The van der Waals surface area contributed by atoms with Crippen molar-refractivity contribution < 1.29 is 8.42 Å². The Hall–Kier alpha value is -1.21. The lowest BCUT2D eigenvalue weighted by molar-refractivity contribution is 0.568. The van der Waals surface area contributed by atoms with Crippen LogP contribution in [0.15, 0.2) is 6.07 Å². The number of hydrogen-bond acceptors (Lipinski definition) is 5. The second kappa shape index (κ2) is 7.87. The maximum atomic E-state index is 11.9. The summed E-state index contributed by atoms with van der Waals surface area (Å²) in [5, 5.41) is 0. The lowest BCUT2D eigenvalue weighted by Crippen LogP contribution is -2.31. The molecule has 1 aromatic heterocycles. The molecule has 1 aromatic rings. The van der Waals surface area contributed by atoms with Gasteiger partial charge in [-0.2, -0.15) is 0 Å². The van der Waals surface area contributed by atoms with E-state index in [4.69, 9.17) is 0 Å². The molecule has 1 N–H and O–H groups in total. The lowest BCUT2D eigenvalue weighted by atomic mass is 10.1. The molecule has 0 spiro atoms. The van der Waals surface area contributed by atoms with E-state index < -0.39 is 10.0 Å². The van der Waals surface area contributed by atoms with Crippen LogP contribution in [0.3, 0.4) is 0 Å². The van der Waals surface area contributed by atoms with Gasteiger partial charge in [0, 0.05) is 24.8 Å². The van der Waals surface area contributed by atoms with E-state index >= 15 is 0 Å². The molecule has 1 aliphatic heterocycles. The van der Waals surface area contributed by atoms with E-state index in [2.05, 4.69) is 19.6 Å². The quantitative estimate of drug-likeness (QED) is 0.829. The highest BCUT2D eigenvalue weighted by Crippen LogP contribution is 2.18. The third-order valence-corrected chi connectivity index (χ3v) is 5.19. The van der Waals surface area contributed by atoms with Gasteiger partial charge in [-0.1, -0.05) is 13.3 Å². The van der Waals surface area contributed by atoms with Crippen LogP contribution in [-0.4, -0.2) is 37.2 Å². The van der Waals surface area contributed by atoms with Gasteiger partial charge < -0.3 is 4.90 Å². The van der Waals surface area contributed by atoms with E-state index in [1.165, 1.54) is 19.3 Å². The summed E-state index contributed by atoms with van der Waals surface area (Å²) in [7, 11) is -3.24. The molecule has 0 radical (unpaired) electrons. The number of rotatable bonds is 7. The topological polar surface area (TPSA) is 75.2 Å². The van der Waals surface area contributed by atoms with E-state index in [9.17, 15) is 8.42 Å². The first kappa shape index (κ1) is 17.1. The zero-order chi connectivity index (χ0) is 16.0. The Bertz CT molecular complexity index is 583. The Labute approximate surface area is 133 Å². The summed E-state index contributed by atoms with van der Waals surface area (Å²) in [6, 6.07) is 1.97. The Morgan fingerprint density at radius 3 is 2.64 bits per heavy atom. The summed E-state index contributed by atoms with van der Waals surface area (Å²) in [6.07, 6.45) is 5.17. The van der Waals surface area contributed by atoms with Crippen molar-refractivity contribution in [2.75, 3.05) is 23.7 Å². The average Bonchev–Trinajstić information content (AvgIpc) is 2.52. The molecule has 0 amide bonds. The van der Waals surface area contributed by atoms with Crippen LogP contribution >= 0.6 is 0 Å². The van der Waals surface area contributed by atoms with Gasteiger partial charge in [0.15, 0.2) is 0 Å². The maximum Gasteiger partial charge on any atom is 0.212 e. The van der Waals surface area contributed by atoms with E-state index in [1.807, 2.05) is 19.9 Å². The number of anilines is 1. The molecular formula is C15H26N4O2S. The van der Waals surface area contributed by atoms with Crippen LogP contribution < -0.4 is 9.62 Å². The van der Waals surface area contributed by atoms with E-state index in [0.29, 0.717) is 12.2 Å². The molecule has 0 bridgehead atoms. The van der Waals surface area contributed by atoms with Gasteiger partial charge in [-0.3, -0.25) is 0 Å². The lowest BCUT2D eigenvalue weighted by Gasteiger charge is -2.28. The van der Waals surface area contributed by atoms with Crippen molar-refractivity contribution in [2.45, 2.75) is 52.5 Å². The Balaban J connectivity index is 2.03. The monoisotopic (exact) mass is 326 g/mol. The fraction of sp³-hybridized carbons (Fsp3) is 0.733. The molecule has 0 aromatic carbocycles. The van der Waals surface area contributed by atoms with Gasteiger partial charge in [-0.15, -0.1) is 0 Å². The van der Waals surface area contributed by atoms with Crippen LogP contribution in [0.25, 0.3) is 0 Å². The SMILES string of the molecule is CCCCS(=O)(=O)NCc1nc(C)cc(N2CCCCC2)n1. The van der Waals surface area contributed by atoms with Crippen molar-refractivity contribution in [2.24, 2.45) is 0 Å². The first-order chi connectivity index (χ1) is 10.5. The van der Waals surface area contributed by atoms with Gasteiger partial charge in [0.25, 0.3) is 0 Å². The van der Waals surface area contributed by atoms with Crippen molar-refractivity contribution >= 4 is 15.8 Å². The first-order valence-corrected chi connectivity index (χ1v) is 9.72. The minimum absolute atomic E-state index is 0.161. The smallest absolute Gasteiger partial charge is 0.212 e. The van der Waals surface area contributed by atoms with Crippen molar-refractivity contribution in [1.29, 1.82) is 0 Å². The van der Waals surface area contributed by atoms with Gasteiger partial charge in [-0.05, 0) is 32.6 Å². The maximum absolute atomic E-state index is 11.9. The number of hydrogen-bond donors (Lipinski definition) is 1. The molecular weight excluding hydrogens is 300 g/mol. The molecule has 124 valence electrons. The van der Waals surface area contributed by atoms with E-state index in [-0.39, 0.29) is 12.3 Å². The molecule has 1 fully saturated rings. The molecule has 6 nitrogen and oxygen atoms in total. The van der Waals surface area contributed by atoms with E-state index in [1.54, 1.807) is 0 Å². The van der Waals surface area contributed by atoms with Crippen LogP contribution in [-0.2, 0) is 16.6 Å². The van der Waals surface area contributed by atoms with Gasteiger partial charge in [0.2, 0.25) is 10.0 Å². The fourth-order valence-electron chi connectivity index (χ4n) is 2.56. The Morgan fingerprint density at radius 1 is 1.23 bits per heavy atom. The highest BCUT2D eigenvalue weighted by atomic mass is 32.2. The summed E-state index contributed by atoms with van der Waals surface area (Å²) in [5.41, 5.74) is 0.873. The van der Waals surface area contributed by atoms with E-state index in [0.717, 1.165) is 31.0 Å². The van der Waals surface area contributed by atoms with Gasteiger partial charge in [0.1, 0.15) is 11.6 Å². The number of sulfonamides is 1. The number of aryl methyl sites for hydroxylation is 1. The molecule has 0 aliphatic carbocycles. The number of unbranched alkanes of at least 4 members (excludes halogenated alkanes) is 1. The second-order valence-electron chi connectivity index (χ2n) is 5.83. The van der Waals surface area contributed by atoms with Gasteiger partial charge >= 0.3 is 0 Å². The van der Waals surface area contributed by atoms with Crippen molar-refractivity contribution in [3.8, 4) is 0 Å². The largest absolute Gasteiger partial charge is 0.357 e. The third-order valence-electron chi connectivity index (χ3n) is 3.78. The number of piperidine rings is 1. The standard InChI is InChI=1S/C15H26N4O2S/c1-3-4-10-22(20,21)16-12-14-17-13(2)11-15(18-14)19-8-6-5-7-9-19/h11,16H,3-10,12H2,1-2H3. The van der Waals surface area contributed by atoms with Gasteiger partial charge in [-0.25, -0.2) is 23.1 Å². The molecule has 2 rings (SSSR count). The summed E-state index contributed by atoms with van der Waals surface area (Å²) < 4.78 is 26.3. The van der Waals surface area contributed by atoms with Crippen molar-refractivity contribution in [3.05, 3.63) is 17.6 Å². The predicted octanol–water partition coefficient (Wildman–Crippen LogP) is 1.99. The van der Waals surface area contributed by atoms with Crippen LogP contribution in [0.5, 0.6) is 0 Å². The van der Waals surface area contributed by atoms with Crippen LogP contribution in [0.4, 0.5) is 5.82 Å². The molecule has 0 atom stereocenters. The highest BCUT2D eigenvalue weighted by Gasteiger charge is 2.15. The zero-order valence-corrected chi connectivity index (χ0v) is 14.3. The third kappa shape index (κ3) is 5.21. The number of nitrogens with one attached hydrogen (secondary N) is 1. The first-order valence-electron chi connectivity index (χ1n) is 8.07. The fourth-order valence-corrected chi connectivity index (χ4v) is 3.72. The second-order valence-corrected chi connectivity index (χ2v) is 7.75. The summed E-state index contributed by atoms with van der Waals surface area (Å²) in [6.45, 7) is 6.08. The normalized spacial score (nSPS) is 16.0. The Kier molecular flexibility index (Phi) is 6.14. The zero-order valence-electron chi connectivity index (χ0n) is 13.5. The summed E-state index contributed by atoms with van der Waals surface area (Å²) >= 11 is 0. The van der Waals surface area contributed by atoms with Gasteiger partial charge in [0.05, 0.1) is 12.3 Å². The molecule has 7 heteroatoms. The molecule has 22 heavy (non-hydrogen) atoms. The molecule has 0 unspecified atom stereocenters. The van der Waals surface area contributed by atoms with Crippen LogP contribution in [0.1, 0.15) is 50.5 Å². The van der Waals surface area contributed by atoms with Crippen LogP contribution in [0.2, 0.25) is 0 Å². The predicted molar refractivity (Wildman–Crippen MR) is 88.4 cm³/mol. The van der Waals surface area contributed by atoms with Crippen LogP contribution in [0, 0.1) is 6.92 Å². The highest BCUT2D eigenvalue weighted by molar-refractivity contribution is 7.89. The summed E-state index contributed by atoms with van der Waals surface area (Å²) in [4.78, 5) is 11.1. The molecule has 0 saturated carbocycles. The average molecular weight is 326 g/mol. The number of nitrogens with zero attached hydrogens (tertiary/aromatic N) is 3.